The van der Waals surface area contributed by atoms with Gasteiger partial charge in [-0.25, -0.2) is 4.99 Å². The predicted molar refractivity (Wildman–Crippen MR) is 102 cm³/mol. The number of alkyl halides is 6. The first-order valence-electron chi connectivity index (χ1n) is 8.42. The largest absolute Gasteiger partial charge is 0.416 e. The summed E-state index contributed by atoms with van der Waals surface area (Å²) >= 11 is 6.17. The molecule has 2 aromatic carbocycles. The van der Waals surface area contributed by atoms with E-state index in [1.54, 1.807) is 24.2 Å². The maximum Gasteiger partial charge on any atom is 0.416 e. The summed E-state index contributed by atoms with van der Waals surface area (Å²) in [6, 6.07) is 4.30. The lowest BCUT2D eigenvalue weighted by Crippen LogP contribution is -2.14. The van der Waals surface area contributed by atoms with Gasteiger partial charge < -0.3 is 10.2 Å². The van der Waals surface area contributed by atoms with Crippen LogP contribution in [0.1, 0.15) is 23.6 Å². The van der Waals surface area contributed by atoms with Crippen LogP contribution in [0.2, 0.25) is 5.02 Å². The van der Waals surface area contributed by atoms with Gasteiger partial charge in [0, 0.05) is 25.0 Å². The number of hydrogen-bond acceptors (Lipinski definition) is 2. The Morgan fingerprint density at radius 2 is 1.55 bits per heavy atom. The first-order valence-corrected chi connectivity index (χ1v) is 8.80. The highest BCUT2D eigenvalue weighted by Gasteiger charge is 2.37. The van der Waals surface area contributed by atoms with E-state index < -0.39 is 23.5 Å². The summed E-state index contributed by atoms with van der Waals surface area (Å²) in [7, 11) is 1.81. The molecule has 3 nitrogen and oxygen atoms in total. The van der Waals surface area contributed by atoms with Crippen LogP contribution in [0.4, 0.5) is 43.4 Å². The fourth-order valence-electron chi connectivity index (χ4n) is 2.32. The number of benzene rings is 2. The van der Waals surface area contributed by atoms with E-state index in [2.05, 4.69) is 10.3 Å². The second kappa shape index (κ2) is 8.52. The Morgan fingerprint density at radius 3 is 2.03 bits per heavy atom. The van der Waals surface area contributed by atoms with Gasteiger partial charge in [-0.3, -0.25) is 0 Å². The summed E-state index contributed by atoms with van der Waals surface area (Å²) in [4.78, 5) is 6.03. The van der Waals surface area contributed by atoms with E-state index in [0.717, 1.165) is 6.54 Å². The van der Waals surface area contributed by atoms with E-state index in [-0.39, 0.29) is 22.5 Å². The Balaban J connectivity index is 2.43. The van der Waals surface area contributed by atoms with Gasteiger partial charge in [0.15, 0.2) is 0 Å². The molecule has 158 valence electrons. The van der Waals surface area contributed by atoms with Gasteiger partial charge in [0.1, 0.15) is 0 Å². The molecule has 0 radical (unpaired) electrons. The van der Waals surface area contributed by atoms with Gasteiger partial charge in [-0.15, -0.1) is 0 Å². The minimum Gasteiger partial charge on any atom is -0.366 e. The van der Waals surface area contributed by atoms with E-state index in [4.69, 9.17) is 11.6 Å². The zero-order chi connectivity index (χ0) is 22.0. The Hall–Kier alpha value is -2.42. The third-order valence-corrected chi connectivity index (χ3v) is 4.36. The molecule has 0 spiro atoms. The van der Waals surface area contributed by atoms with Crippen molar-refractivity contribution in [3.63, 3.8) is 0 Å². The highest BCUT2D eigenvalue weighted by atomic mass is 35.5. The quantitative estimate of drug-likeness (QED) is 0.308. The zero-order valence-electron chi connectivity index (χ0n) is 15.7. The highest BCUT2D eigenvalue weighted by molar-refractivity contribution is 6.33. The Morgan fingerprint density at radius 1 is 1.00 bits per heavy atom. The number of aryl methyl sites for hydroxylation is 1. The molecule has 1 N–H and O–H groups in total. The molecule has 0 aromatic heterocycles. The molecule has 2 aromatic rings. The minimum atomic E-state index is -4.92. The maximum absolute atomic E-state index is 13.0. The van der Waals surface area contributed by atoms with Crippen LogP contribution in [0.15, 0.2) is 35.3 Å². The molecule has 10 heteroatoms. The number of halogens is 7. The zero-order valence-corrected chi connectivity index (χ0v) is 16.5. The fourth-order valence-corrected chi connectivity index (χ4v) is 2.54. The van der Waals surface area contributed by atoms with Crippen molar-refractivity contribution in [2.24, 2.45) is 4.99 Å². The van der Waals surface area contributed by atoms with E-state index in [1.165, 1.54) is 6.07 Å². The fraction of sp³-hybridized carbons (Fsp3) is 0.316. The monoisotopic (exact) mass is 437 g/mol. The summed E-state index contributed by atoms with van der Waals surface area (Å²) in [6.07, 6.45) is -8.28. The molecule has 0 bridgehead atoms. The van der Waals surface area contributed by atoms with Gasteiger partial charge in [-0.2, -0.15) is 26.3 Å². The molecular formula is C19H18ClF6N3. The van der Waals surface area contributed by atoms with Crippen molar-refractivity contribution < 1.29 is 26.3 Å². The molecule has 29 heavy (non-hydrogen) atoms. The smallest absolute Gasteiger partial charge is 0.366 e. The second-order valence-electron chi connectivity index (χ2n) is 6.36. The topological polar surface area (TPSA) is 27.6 Å². The number of nitrogens with one attached hydrogen (secondary N) is 1. The Labute approximate surface area is 169 Å². The lowest BCUT2D eigenvalue weighted by Gasteiger charge is -2.17. The molecule has 0 amide bonds. The molecule has 0 atom stereocenters. The molecule has 0 fully saturated rings. The third kappa shape index (κ3) is 6.03. The van der Waals surface area contributed by atoms with Crippen LogP contribution in [-0.2, 0) is 12.4 Å². The Kier molecular flexibility index (Phi) is 6.72. The molecule has 2 rings (SSSR count). The first-order chi connectivity index (χ1) is 13.3. The van der Waals surface area contributed by atoms with Crippen LogP contribution in [0, 0.1) is 6.92 Å². The van der Waals surface area contributed by atoms with Crippen LogP contribution in [0.5, 0.6) is 0 Å². The molecule has 0 heterocycles. The molecule has 0 aliphatic heterocycles. The van der Waals surface area contributed by atoms with Gasteiger partial charge in [-0.1, -0.05) is 11.6 Å². The lowest BCUT2D eigenvalue weighted by molar-refractivity contribution is -0.143. The summed E-state index contributed by atoms with van der Waals surface area (Å²) in [6.45, 7) is 4.28. The van der Waals surface area contributed by atoms with Crippen molar-refractivity contribution in [3.05, 3.63) is 52.0 Å². The van der Waals surface area contributed by atoms with Gasteiger partial charge >= 0.3 is 12.4 Å². The van der Waals surface area contributed by atoms with Crippen LogP contribution in [0.3, 0.4) is 0 Å². The Bertz CT molecular complexity index is 874. The summed E-state index contributed by atoms with van der Waals surface area (Å²) < 4.78 is 78.1. The lowest BCUT2D eigenvalue weighted by atomic mass is 10.1. The van der Waals surface area contributed by atoms with Crippen LogP contribution in [0.25, 0.3) is 0 Å². The molecule has 0 saturated heterocycles. The van der Waals surface area contributed by atoms with Gasteiger partial charge in [0.05, 0.1) is 28.2 Å². The van der Waals surface area contributed by atoms with Crippen molar-refractivity contribution in [3.8, 4) is 0 Å². The molecule has 0 saturated carbocycles. The van der Waals surface area contributed by atoms with E-state index >= 15 is 0 Å². The maximum atomic E-state index is 13.0. The number of aliphatic imine (C=N–C) groups is 1. The van der Waals surface area contributed by atoms with Crippen LogP contribution < -0.4 is 5.32 Å². The van der Waals surface area contributed by atoms with Crippen molar-refractivity contribution >= 4 is 35.0 Å². The van der Waals surface area contributed by atoms with Gasteiger partial charge in [0.2, 0.25) is 0 Å². The van der Waals surface area contributed by atoms with Crippen LogP contribution in [-0.4, -0.2) is 24.8 Å². The number of rotatable bonds is 5. The second-order valence-corrected chi connectivity index (χ2v) is 6.76. The van der Waals surface area contributed by atoms with Gasteiger partial charge in [-0.05, 0) is 49.7 Å². The standard InChI is InChI=1S/C19H18ClF6N3/c1-4-29(3)10-27-17-5-11(2)16(9-15(17)20)28-14-7-12(18(21,22)23)6-13(8-14)19(24,25)26/h5-10,28H,4H2,1-3H3. The van der Waals surface area contributed by atoms with Crippen molar-refractivity contribution in [1.29, 1.82) is 0 Å². The number of nitrogens with zero attached hydrogens (tertiary/aromatic N) is 2. The number of hydrogen-bond donors (Lipinski definition) is 1. The summed E-state index contributed by atoms with van der Waals surface area (Å²) in [5, 5.41) is 2.79. The summed E-state index contributed by atoms with van der Waals surface area (Å²) in [5.41, 5.74) is -1.91. The third-order valence-electron chi connectivity index (χ3n) is 4.05. The van der Waals surface area contributed by atoms with E-state index in [9.17, 15) is 26.3 Å². The normalized spacial score (nSPS) is 12.5. The molecule has 0 aliphatic carbocycles. The highest BCUT2D eigenvalue weighted by Crippen LogP contribution is 2.39. The van der Waals surface area contributed by atoms with Crippen molar-refractivity contribution in [2.75, 3.05) is 18.9 Å². The van der Waals surface area contributed by atoms with E-state index in [1.807, 2.05) is 14.0 Å². The molecule has 0 aliphatic rings. The first kappa shape index (κ1) is 22.9. The SMILES string of the molecule is CCN(C)C=Nc1cc(C)c(Nc2cc(C(F)(F)F)cc(C(F)(F)F)c2)cc1Cl. The van der Waals surface area contributed by atoms with Crippen molar-refractivity contribution in [1.82, 2.24) is 4.90 Å². The van der Waals surface area contributed by atoms with Gasteiger partial charge in [0.25, 0.3) is 0 Å². The minimum absolute atomic E-state index is 0.0764. The average Bonchev–Trinajstić information content (AvgIpc) is 2.61. The summed E-state index contributed by atoms with van der Waals surface area (Å²) in [5.74, 6) is 0. The van der Waals surface area contributed by atoms with Crippen LogP contribution >= 0.6 is 11.6 Å². The van der Waals surface area contributed by atoms with Crippen molar-refractivity contribution in [2.45, 2.75) is 26.2 Å². The average molecular weight is 438 g/mol. The van der Waals surface area contributed by atoms with E-state index in [0.29, 0.717) is 23.4 Å². The molecule has 0 unspecified atom stereocenters. The number of anilines is 2. The predicted octanol–water partition coefficient (Wildman–Crippen LogP) is 7.04. The molecular weight excluding hydrogens is 420 g/mol.